The van der Waals surface area contributed by atoms with E-state index in [9.17, 15) is 10.1 Å². The molecule has 6 heteroatoms. The lowest BCUT2D eigenvalue weighted by molar-refractivity contribution is -0.384. The number of thiazole rings is 1. The smallest absolute Gasteiger partial charge is 0.292 e. The minimum atomic E-state index is -0.367. The molecule has 0 unspecified atom stereocenters. The van der Waals surface area contributed by atoms with Crippen molar-refractivity contribution in [2.24, 2.45) is 0 Å². The van der Waals surface area contributed by atoms with E-state index >= 15 is 0 Å². The van der Waals surface area contributed by atoms with Crippen LogP contribution in [0.3, 0.4) is 0 Å². The quantitative estimate of drug-likeness (QED) is 0.685. The molecular formula is C13H15N3O2S. The lowest BCUT2D eigenvalue weighted by Gasteiger charge is -2.05. The van der Waals surface area contributed by atoms with Gasteiger partial charge in [0.25, 0.3) is 5.69 Å². The Bertz CT molecular complexity index is 603. The van der Waals surface area contributed by atoms with Crippen LogP contribution in [0.15, 0.2) is 18.2 Å². The summed E-state index contributed by atoms with van der Waals surface area (Å²) in [6.07, 6.45) is 0. The first-order valence-electron chi connectivity index (χ1n) is 5.89. The number of anilines is 1. The Hall–Kier alpha value is -1.95. The molecule has 5 nitrogen and oxygen atoms in total. The van der Waals surface area contributed by atoms with Gasteiger partial charge in [-0.05, 0) is 32.4 Å². The van der Waals surface area contributed by atoms with Gasteiger partial charge in [-0.1, -0.05) is 6.07 Å². The maximum absolute atomic E-state index is 11.0. The van der Waals surface area contributed by atoms with Crippen molar-refractivity contribution in [3.05, 3.63) is 49.5 Å². The topological polar surface area (TPSA) is 68.1 Å². The third-order valence-corrected chi connectivity index (χ3v) is 3.93. The van der Waals surface area contributed by atoms with Gasteiger partial charge in [0.05, 0.1) is 17.2 Å². The van der Waals surface area contributed by atoms with Crippen LogP contribution < -0.4 is 5.32 Å². The lowest BCUT2D eigenvalue weighted by atomic mass is 10.2. The first-order valence-corrected chi connectivity index (χ1v) is 6.71. The van der Waals surface area contributed by atoms with Crippen LogP contribution in [0.4, 0.5) is 11.4 Å². The van der Waals surface area contributed by atoms with Gasteiger partial charge in [-0.15, -0.1) is 11.3 Å². The minimum Gasteiger partial charge on any atom is -0.373 e. The highest BCUT2D eigenvalue weighted by molar-refractivity contribution is 7.11. The number of benzene rings is 1. The highest BCUT2D eigenvalue weighted by Crippen LogP contribution is 2.26. The molecule has 0 radical (unpaired) electrons. The van der Waals surface area contributed by atoms with Crippen molar-refractivity contribution in [3.8, 4) is 0 Å². The fourth-order valence-electron chi connectivity index (χ4n) is 1.73. The number of aromatic nitrogens is 1. The average Bonchev–Trinajstić information content (AvgIpc) is 2.67. The largest absolute Gasteiger partial charge is 0.373 e. The second kappa shape index (κ2) is 5.36. The normalized spacial score (nSPS) is 10.5. The van der Waals surface area contributed by atoms with E-state index in [0.717, 1.165) is 16.3 Å². The first-order chi connectivity index (χ1) is 8.97. The molecule has 0 saturated heterocycles. The number of aryl methyl sites for hydroxylation is 3. The minimum absolute atomic E-state index is 0.102. The summed E-state index contributed by atoms with van der Waals surface area (Å²) in [6, 6.07) is 5.16. The third-order valence-electron chi connectivity index (χ3n) is 2.85. The van der Waals surface area contributed by atoms with Crippen LogP contribution in [0, 0.1) is 30.9 Å². The van der Waals surface area contributed by atoms with E-state index in [2.05, 4.69) is 10.3 Å². The van der Waals surface area contributed by atoms with E-state index in [4.69, 9.17) is 0 Å². The van der Waals surface area contributed by atoms with Crippen molar-refractivity contribution in [3.63, 3.8) is 0 Å². The molecule has 1 aromatic carbocycles. The lowest BCUT2D eigenvalue weighted by Crippen LogP contribution is -2.02. The summed E-state index contributed by atoms with van der Waals surface area (Å²) in [5.74, 6) is 0. The zero-order valence-corrected chi connectivity index (χ0v) is 11.9. The number of nitro benzene ring substituents is 1. The first kappa shape index (κ1) is 13.5. The van der Waals surface area contributed by atoms with Crippen LogP contribution in [0.25, 0.3) is 0 Å². The molecule has 19 heavy (non-hydrogen) atoms. The van der Waals surface area contributed by atoms with Gasteiger partial charge in [-0.3, -0.25) is 10.1 Å². The average molecular weight is 277 g/mol. The third kappa shape index (κ3) is 3.08. The summed E-state index contributed by atoms with van der Waals surface area (Å²) < 4.78 is 0. The molecule has 2 rings (SSSR count). The Labute approximate surface area is 115 Å². The molecule has 1 N–H and O–H groups in total. The second-order valence-corrected chi connectivity index (χ2v) is 5.67. The molecule has 0 saturated carbocycles. The number of nitrogens with one attached hydrogen (secondary N) is 1. The zero-order chi connectivity index (χ0) is 14.0. The van der Waals surface area contributed by atoms with Gasteiger partial charge in [0.15, 0.2) is 0 Å². The predicted octanol–water partition coefficient (Wildman–Crippen LogP) is 3.59. The molecule has 0 aliphatic heterocycles. The van der Waals surface area contributed by atoms with Crippen LogP contribution in [0.2, 0.25) is 0 Å². The van der Waals surface area contributed by atoms with E-state index in [-0.39, 0.29) is 10.6 Å². The van der Waals surface area contributed by atoms with Crippen molar-refractivity contribution in [2.45, 2.75) is 27.3 Å². The van der Waals surface area contributed by atoms with Crippen LogP contribution in [-0.2, 0) is 6.54 Å². The monoisotopic (exact) mass is 277 g/mol. The summed E-state index contributed by atoms with van der Waals surface area (Å²) >= 11 is 1.61. The molecule has 100 valence electrons. The Morgan fingerprint density at radius 2 is 2.11 bits per heavy atom. The van der Waals surface area contributed by atoms with E-state index in [1.54, 1.807) is 23.5 Å². The second-order valence-electron chi connectivity index (χ2n) is 4.38. The molecule has 0 spiro atoms. The summed E-state index contributed by atoms with van der Waals surface area (Å²) in [6.45, 7) is 6.32. The van der Waals surface area contributed by atoms with Crippen molar-refractivity contribution in [1.82, 2.24) is 4.98 Å². The summed E-state index contributed by atoms with van der Waals surface area (Å²) in [4.78, 5) is 16.2. The highest BCUT2D eigenvalue weighted by atomic mass is 32.1. The SMILES string of the molecule is Cc1ccc(NCc2nc(C)c(C)s2)c([N+](=O)[O-])c1. The maximum atomic E-state index is 11.0. The highest BCUT2D eigenvalue weighted by Gasteiger charge is 2.14. The molecular weight excluding hydrogens is 262 g/mol. The molecule has 2 aromatic rings. The van der Waals surface area contributed by atoms with Gasteiger partial charge in [0.2, 0.25) is 0 Å². The summed E-state index contributed by atoms with van der Waals surface area (Å²) in [7, 11) is 0. The maximum Gasteiger partial charge on any atom is 0.292 e. The molecule has 1 heterocycles. The van der Waals surface area contributed by atoms with Crippen LogP contribution in [0.1, 0.15) is 21.1 Å². The van der Waals surface area contributed by atoms with Crippen LogP contribution in [-0.4, -0.2) is 9.91 Å². The van der Waals surface area contributed by atoms with E-state index < -0.39 is 0 Å². The Balaban J connectivity index is 2.17. The number of hydrogen-bond donors (Lipinski definition) is 1. The van der Waals surface area contributed by atoms with Gasteiger partial charge in [-0.2, -0.15) is 0 Å². The van der Waals surface area contributed by atoms with Gasteiger partial charge in [0.1, 0.15) is 10.7 Å². The van der Waals surface area contributed by atoms with E-state index in [0.29, 0.717) is 12.2 Å². The van der Waals surface area contributed by atoms with E-state index in [1.807, 2.05) is 26.8 Å². The zero-order valence-electron chi connectivity index (χ0n) is 11.1. The number of nitrogens with zero attached hydrogens (tertiary/aromatic N) is 2. The number of hydrogen-bond acceptors (Lipinski definition) is 5. The predicted molar refractivity (Wildman–Crippen MR) is 76.7 cm³/mol. The van der Waals surface area contributed by atoms with E-state index in [1.165, 1.54) is 4.88 Å². The van der Waals surface area contributed by atoms with Crippen molar-refractivity contribution >= 4 is 22.7 Å². The fourth-order valence-corrected chi connectivity index (χ4v) is 2.60. The van der Waals surface area contributed by atoms with Gasteiger partial charge >= 0.3 is 0 Å². The van der Waals surface area contributed by atoms with Crippen LogP contribution >= 0.6 is 11.3 Å². The summed E-state index contributed by atoms with van der Waals surface area (Å²) in [5.41, 5.74) is 2.52. The Morgan fingerprint density at radius 1 is 1.37 bits per heavy atom. The van der Waals surface area contributed by atoms with Gasteiger partial charge < -0.3 is 5.32 Å². The molecule has 0 atom stereocenters. The fraction of sp³-hybridized carbons (Fsp3) is 0.308. The van der Waals surface area contributed by atoms with Crippen molar-refractivity contribution in [2.75, 3.05) is 5.32 Å². The molecule has 0 bridgehead atoms. The molecule has 0 amide bonds. The van der Waals surface area contributed by atoms with Crippen molar-refractivity contribution < 1.29 is 4.92 Å². The Morgan fingerprint density at radius 3 is 2.68 bits per heavy atom. The van der Waals surface area contributed by atoms with Gasteiger partial charge in [0, 0.05) is 10.9 Å². The molecule has 0 aliphatic carbocycles. The number of rotatable bonds is 4. The molecule has 0 fully saturated rings. The summed E-state index contributed by atoms with van der Waals surface area (Å²) in [5, 5.41) is 15.0. The number of nitro groups is 1. The van der Waals surface area contributed by atoms with Crippen molar-refractivity contribution in [1.29, 1.82) is 0 Å². The van der Waals surface area contributed by atoms with Gasteiger partial charge in [-0.25, -0.2) is 4.98 Å². The standard InChI is InChI=1S/C13H15N3O2S/c1-8-4-5-11(12(6-8)16(17)18)14-7-13-15-9(2)10(3)19-13/h4-6,14H,7H2,1-3H3. The molecule has 0 aliphatic rings. The Kier molecular flexibility index (Phi) is 3.80. The van der Waals surface area contributed by atoms with Crippen LogP contribution in [0.5, 0.6) is 0 Å². The molecule has 1 aromatic heterocycles.